The van der Waals surface area contributed by atoms with Crippen molar-refractivity contribution in [3.63, 3.8) is 0 Å². The molecule has 0 saturated heterocycles. The van der Waals surface area contributed by atoms with Crippen molar-refractivity contribution in [2.75, 3.05) is 5.32 Å². The van der Waals surface area contributed by atoms with Crippen LogP contribution in [-0.4, -0.2) is 25.5 Å². The number of thiophene rings is 1. The molecular formula is C26H31N5O2S. The molecule has 0 bridgehead atoms. The van der Waals surface area contributed by atoms with E-state index in [2.05, 4.69) is 42.4 Å². The molecule has 0 fully saturated rings. The highest BCUT2D eigenvalue weighted by Gasteiger charge is 2.19. The van der Waals surface area contributed by atoms with Gasteiger partial charge in [-0.15, -0.1) is 11.3 Å². The molecule has 0 radical (unpaired) electrons. The Bertz CT molecular complexity index is 1360. The number of hydrogen-bond acceptors (Lipinski definition) is 5. The minimum Gasteiger partial charge on any atom is -0.489 e. The Morgan fingerprint density at radius 1 is 1.06 bits per heavy atom. The molecule has 0 spiro atoms. The maximum absolute atomic E-state index is 13.0. The molecule has 0 aliphatic rings. The van der Waals surface area contributed by atoms with E-state index in [-0.39, 0.29) is 5.91 Å². The monoisotopic (exact) mass is 477 g/mol. The van der Waals surface area contributed by atoms with Gasteiger partial charge in [0.2, 0.25) is 0 Å². The van der Waals surface area contributed by atoms with Crippen LogP contribution in [0.25, 0.3) is 0 Å². The van der Waals surface area contributed by atoms with Crippen molar-refractivity contribution in [1.82, 2.24) is 19.6 Å². The van der Waals surface area contributed by atoms with Crippen molar-refractivity contribution in [2.45, 2.75) is 54.7 Å². The van der Waals surface area contributed by atoms with Crippen LogP contribution in [0.1, 0.15) is 54.7 Å². The molecule has 4 rings (SSSR count). The van der Waals surface area contributed by atoms with Gasteiger partial charge in [-0.25, -0.2) is 0 Å². The molecule has 1 aromatic carbocycles. The van der Waals surface area contributed by atoms with E-state index in [1.165, 1.54) is 16.9 Å². The third kappa shape index (κ3) is 4.63. The van der Waals surface area contributed by atoms with Crippen LogP contribution in [0, 0.1) is 41.5 Å². The minimum absolute atomic E-state index is 0.137. The lowest BCUT2D eigenvalue weighted by Crippen LogP contribution is -2.12. The normalized spacial score (nSPS) is 11.1. The number of benzene rings is 1. The fourth-order valence-electron chi connectivity index (χ4n) is 4.01. The smallest absolute Gasteiger partial charge is 0.265 e. The number of rotatable bonds is 7. The summed E-state index contributed by atoms with van der Waals surface area (Å²) in [5.41, 5.74) is 9.03. The van der Waals surface area contributed by atoms with E-state index in [4.69, 9.17) is 4.74 Å². The second kappa shape index (κ2) is 9.46. The quantitative estimate of drug-likeness (QED) is 0.386. The predicted octanol–water partition coefficient (Wildman–Crippen LogP) is 5.41. The zero-order chi connectivity index (χ0) is 24.6. The molecule has 1 amide bonds. The lowest BCUT2D eigenvalue weighted by Gasteiger charge is -2.09. The topological polar surface area (TPSA) is 74.0 Å². The van der Waals surface area contributed by atoms with Gasteiger partial charge >= 0.3 is 0 Å². The highest BCUT2D eigenvalue weighted by molar-refractivity contribution is 7.12. The number of aryl methyl sites for hydroxylation is 4. The van der Waals surface area contributed by atoms with E-state index < -0.39 is 0 Å². The predicted molar refractivity (Wildman–Crippen MR) is 136 cm³/mol. The van der Waals surface area contributed by atoms with Crippen LogP contribution in [0.5, 0.6) is 5.75 Å². The summed E-state index contributed by atoms with van der Waals surface area (Å²) in [5, 5.41) is 14.2. The van der Waals surface area contributed by atoms with Crippen molar-refractivity contribution in [3.8, 4) is 5.75 Å². The third-order valence-electron chi connectivity index (χ3n) is 6.41. The van der Waals surface area contributed by atoms with Crippen LogP contribution in [0.15, 0.2) is 29.6 Å². The SMILES string of the molecule is Cc1cccc(OCc2csc(C(=O)Nc3c(C)nn(Cc4c(C)nn(C)c4C)c3C)c2)c1C. The van der Waals surface area contributed by atoms with E-state index in [1.807, 2.05) is 60.8 Å². The third-order valence-corrected chi connectivity index (χ3v) is 7.39. The van der Waals surface area contributed by atoms with Crippen molar-refractivity contribution in [3.05, 3.63) is 79.6 Å². The van der Waals surface area contributed by atoms with Gasteiger partial charge in [-0.2, -0.15) is 10.2 Å². The number of carbonyl (C=O) groups excluding carboxylic acids is 1. The van der Waals surface area contributed by atoms with Crippen LogP contribution < -0.4 is 10.1 Å². The molecule has 0 aliphatic heterocycles. The Balaban J connectivity index is 1.45. The van der Waals surface area contributed by atoms with Crippen molar-refractivity contribution in [1.29, 1.82) is 0 Å². The van der Waals surface area contributed by atoms with E-state index in [9.17, 15) is 4.79 Å². The van der Waals surface area contributed by atoms with Crippen LogP contribution in [0.4, 0.5) is 5.69 Å². The van der Waals surface area contributed by atoms with Gasteiger partial charge in [-0.05, 0) is 70.2 Å². The van der Waals surface area contributed by atoms with Gasteiger partial charge in [-0.3, -0.25) is 14.2 Å². The summed E-state index contributed by atoms with van der Waals surface area (Å²) in [6.45, 7) is 13.1. The Hall–Kier alpha value is -3.39. The van der Waals surface area contributed by atoms with Gasteiger partial charge in [0.25, 0.3) is 5.91 Å². The molecular weight excluding hydrogens is 446 g/mol. The number of carbonyl (C=O) groups is 1. The number of anilines is 1. The Morgan fingerprint density at radius 3 is 2.53 bits per heavy atom. The van der Waals surface area contributed by atoms with Gasteiger partial charge in [0.15, 0.2) is 0 Å². The van der Waals surface area contributed by atoms with Crippen molar-refractivity contribution in [2.24, 2.45) is 7.05 Å². The molecule has 3 heterocycles. The van der Waals surface area contributed by atoms with E-state index in [0.29, 0.717) is 18.0 Å². The number of hydrogen-bond donors (Lipinski definition) is 1. The summed E-state index contributed by atoms with van der Waals surface area (Å²) < 4.78 is 9.81. The molecule has 34 heavy (non-hydrogen) atoms. The average Bonchev–Trinajstić information content (AvgIpc) is 3.44. The second-order valence-corrected chi connectivity index (χ2v) is 9.65. The van der Waals surface area contributed by atoms with Gasteiger partial charge in [0.1, 0.15) is 12.4 Å². The number of ether oxygens (including phenoxy) is 1. The van der Waals surface area contributed by atoms with Gasteiger partial charge in [0, 0.05) is 23.9 Å². The average molecular weight is 478 g/mol. The molecule has 0 saturated carbocycles. The summed E-state index contributed by atoms with van der Waals surface area (Å²) >= 11 is 1.42. The highest BCUT2D eigenvalue weighted by atomic mass is 32.1. The summed E-state index contributed by atoms with van der Waals surface area (Å²) in [6, 6.07) is 7.93. The Morgan fingerprint density at radius 2 is 1.82 bits per heavy atom. The zero-order valence-corrected chi connectivity index (χ0v) is 21.6. The number of amides is 1. The molecule has 1 N–H and O–H groups in total. The standard InChI is InChI=1S/C26H31N5O2S/c1-15-9-8-10-23(16(15)2)33-13-21-11-24(34-14-21)26(32)27-25-18(4)29-31(20(25)6)12-22-17(3)28-30(7)19(22)5/h8-11,14H,12-13H2,1-7H3,(H,27,32). The molecule has 0 atom stereocenters. The molecule has 7 nitrogen and oxygen atoms in total. The Kier molecular flexibility index (Phi) is 6.61. The number of nitrogens with zero attached hydrogens (tertiary/aromatic N) is 4. The summed E-state index contributed by atoms with van der Waals surface area (Å²) in [5.74, 6) is 0.734. The van der Waals surface area contributed by atoms with Crippen molar-refractivity contribution < 1.29 is 9.53 Å². The molecule has 0 aliphatic carbocycles. The largest absolute Gasteiger partial charge is 0.489 e. The first-order chi connectivity index (χ1) is 16.2. The van der Waals surface area contributed by atoms with Gasteiger partial charge in [-0.1, -0.05) is 12.1 Å². The molecule has 178 valence electrons. The maximum Gasteiger partial charge on any atom is 0.265 e. The number of aromatic nitrogens is 4. The first kappa shape index (κ1) is 23.8. The first-order valence-electron chi connectivity index (χ1n) is 11.3. The van der Waals surface area contributed by atoms with Crippen LogP contribution >= 0.6 is 11.3 Å². The van der Waals surface area contributed by atoms with Crippen LogP contribution in [0.2, 0.25) is 0 Å². The van der Waals surface area contributed by atoms with Crippen LogP contribution in [-0.2, 0) is 20.2 Å². The van der Waals surface area contributed by atoms with E-state index in [1.54, 1.807) is 0 Å². The second-order valence-electron chi connectivity index (χ2n) is 8.74. The summed E-state index contributed by atoms with van der Waals surface area (Å²) in [6.07, 6.45) is 0. The zero-order valence-electron chi connectivity index (χ0n) is 20.8. The lowest BCUT2D eigenvalue weighted by molar-refractivity contribution is 0.103. The van der Waals surface area contributed by atoms with E-state index in [0.717, 1.165) is 50.9 Å². The first-order valence-corrected chi connectivity index (χ1v) is 12.1. The van der Waals surface area contributed by atoms with Crippen molar-refractivity contribution >= 4 is 22.9 Å². The molecule has 3 aromatic heterocycles. The summed E-state index contributed by atoms with van der Waals surface area (Å²) in [4.78, 5) is 13.6. The molecule has 8 heteroatoms. The fraction of sp³-hybridized carbons (Fsp3) is 0.346. The van der Waals surface area contributed by atoms with Crippen LogP contribution in [0.3, 0.4) is 0 Å². The fourth-order valence-corrected chi connectivity index (χ4v) is 4.81. The van der Waals surface area contributed by atoms with E-state index >= 15 is 0 Å². The Labute approximate surface area is 204 Å². The molecule has 4 aromatic rings. The van der Waals surface area contributed by atoms with Gasteiger partial charge in [0.05, 0.1) is 34.2 Å². The maximum atomic E-state index is 13.0. The number of nitrogens with one attached hydrogen (secondary N) is 1. The van der Waals surface area contributed by atoms with Gasteiger partial charge < -0.3 is 10.1 Å². The minimum atomic E-state index is -0.137. The summed E-state index contributed by atoms with van der Waals surface area (Å²) in [7, 11) is 1.95. The highest BCUT2D eigenvalue weighted by Crippen LogP contribution is 2.26. The molecule has 0 unspecified atom stereocenters. The lowest BCUT2D eigenvalue weighted by atomic mass is 10.1.